The summed E-state index contributed by atoms with van der Waals surface area (Å²) in [6.07, 6.45) is 17.1. The van der Waals surface area contributed by atoms with Crippen LogP contribution in [0.4, 0.5) is 21.1 Å². The number of imidazole rings is 1. The van der Waals surface area contributed by atoms with Gasteiger partial charge in [0.05, 0.1) is 17.6 Å². The van der Waals surface area contributed by atoms with Gasteiger partial charge in [0.1, 0.15) is 5.82 Å². The van der Waals surface area contributed by atoms with Crippen LogP contribution in [0.2, 0.25) is 0 Å². The average molecular weight is 744 g/mol. The van der Waals surface area contributed by atoms with E-state index in [1.54, 1.807) is 11.8 Å². The number of para-hydroxylation sites is 2. The van der Waals surface area contributed by atoms with Crippen molar-refractivity contribution in [3.63, 3.8) is 0 Å². The van der Waals surface area contributed by atoms with Crippen molar-refractivity contribution in [2.45, 2.75) is 129 Å². The van der Waals surface area contributed by atoms with E-state index < -0.39 is 12.3 Å². The normalized spacial score (nSPS) is 14.1. The van der Waals surface area contributed by atoms with Crippen LogP contribution in [0.5, 0.6) is 0 Å². The Labute approximate surface area is 321 Å². The molecule has 1 atom stereocenters. The second-order valence-corrected chi connectivity index (χ2v) is 14.8. The number of carbonyl (C=O) groups excluding carboxylic acids is 1. The van der Waals surface area contributed by atoms with E-state index in [2.05, 4.69) is 32.3 Å². The van der Waals surface area contributed by atoms with E-state index in [1.807, 2.05) is 44.3 Å². The first kappa shape index (κ1) is 40.8. The fourth-order valence-electron chi connectivity index (χ4n) is 7.66. The molecule has 2 aromatic carbocycles. The Hall–Kier alpha value is -4.41. The van der Waals surface area contributed by atoms with Gasteiger partial charge in [-0.1, -0.05) is 102 Å². The minimum Gasteiger partial charge on any atom is -0.425 e. The standard InChI is InChI=1S/C43H62FN7O3/c1-5-7-8-9-10-11-12-13-14-15-16-19-30-48(6-2)43(53)54-34(3)51-40(52)26-29-45-41(51)47(4)37-27-31-49(32-28-37)42-46-38-20-17-18-21-39(38)50(42)33-35-22-24-36(44)25-23-35/h17-18,20-26,29,34,37H,5-16,19,27-28,30-33H2,1-4H3. The first-order valence-corrected chi connectivity index (χ1v) is 20.5. The number of anilines is 2. The van der Waals surface area contributed by atoms with Crippen molar-refractivity contribution in [1.82, 2.24) is 24.0 Å². The van der Waals surface area contributed by atoms with Gasteiger partial charge in [0, 0.05) is 51.5 Å². The SMILES string of the molecule is CCCCCCCCCCCCCCN(CC)C(=O)OC(C)n1c(N(C)C2CCN(c3nc4ccccc4n3Cc3ccc(F)cc3)CC2)nccc1=O. The van der Waals surface area contributed by atoms with Crippen molar-refractivity contribution in [2.75, 3.05) is 43.0 Å². The van der Waals surface area contributed by atoms with Crippen LogP contribution in [0, 0.1) is 5.82 Å². The van der Waals surface area contributed by atoms with Gasteiger partial charge in [0.15, 0.2) is 6.23 Å². The monoisotopic (exact) mass is 743 g/mol. The maximum atomic E-state index is 13.7. The molecule has 1 fully saturated rings. The van der Waals surface area contributed by atoms with Crippen LogP contribution < -0.4 is 15.4 Å². The molecule has 11 heteroatoms. The van der Waals surface area contributed by atoms with Crippen molar-refractivity contribution < 1.29 is 13.9 Å². The quantitative estimate of drug-likeness (QED) is 0.0786. The molecule has 294 valence electrons. The van der Waals surface area contributed by atoms with Crippen molar-refractivity contribution in [1.29, 1.82) is 0 Å². The predicted molar refractivity (Wildman–Crippen MR) is 217 cm³/mol. The summed E-state index contributed by atoms with van der Waals surface area (Å²) in [6, 6.07) is 16.3. The molecule has 0 bridgehead atoms. The summed E-state index contributed by atoms with van der Waals surface area (Å²) < 4.78 is 23.3. The summed E-state index contributed by atoms with van der Waals surface area (Å²) in [6.45, 7) is 9.26. The van der Waals surface area contributed by atoms with E-state index in [0.29, 0.717) is 25.6 Å². The molecule has 0 radical (unpaired) electrons. The number of nitrogens with zero attached hydrogens (tertiary/aromatic N) is 7. The van der Waals surface area contributed by atoms with Gasteiger partial charge in [0.25, 0.3) is 5.56 Å². The number of ether oxygens (including phenoxy) is 1. The van der Waals surface area contributed by atoms with Gasteiger partial charge in [-0.05, 0) is 62.9 Å². The highest BCUT2D eigenvalue weighted by Gasteiger charge is 2.29. The topological polar surface area (TPSA) is 88.7 Å². The highest BCUT2D eigenvalue weighted by molar-refractivity contribution is 5.79. The number of rotatable bonds is 21. The van der Waals surface area contributed by atoms with Crippen molar-refractivity contribution in [2.24, 2.45) is 0 Å². The minimum atomic E-state index is -0.821. The number of piperidine rings is 1. The third-order valence-electron chi connectivity index (χ3n) is 10.9. The molecule has 1 amide bonds. The summed E-state index contributed by atoms with van der Waals surface area (Å²) in [5.41, 5.74) is 2.70. The van der Waals surface area contributed by atoms with Crippen molar-refractivity contribution in [3.8, 4) is 0 Å². The van der Waals surface area contributed by atoms with Crippen LogP contribution in [-0.4, -0.2) is 69.4 Å². The lowest BCUT2D eigenvalue weighted by molar-refractivity contribution is 0.0374. The van der Waals surface area contributed by atoms with Crippen molar-refractivity contribution >= 4 is 29.0 Å². The van der Waals surface area contributed by atoms with Crippen LogP contribution in [0.1, 0.15) is 122 Å². The molecule has 1 saturated heterocycles. The number of hydrogen-bond donors (Lipinski definition) is 0. The van der Waals surface area contributed by atoms with Crippen LogP contribution in [-0.2, 0) is 11.3 Å². The molecule has 54 heavy (non-hydrogen) atoms. The number of hydrogen-bond acceptors (Lipinski definition) is 7. The summed E-state index contributed by atoms with van der Waals surface area (Å²) in [5, 5.41) is 0. The molecule has 3 heterocycles. The van der Waals surface area contributed by atoms with E-state index in [1.165, 1.54) is 93.2 Å². The Kier molecular flexibility index (Phi) is 15.8. The summed E-state index contributed by atoms with van der Waals surface area (Å²) in [7, 11) is 1.96. The van der Waals surface area contributed by atoms with Crippen molar-refractivity contribution in [3.05, 3.63) is 82.5 Å². The van der Waals surface area contributed by atoms with E-state index in [9.17, 15) is 14.0 Å². The molecule has 0 saturated carbocycles. The fraction of sp³-hybridized carbons (Fsp3) is 0.581. The maximum absolute atomic E-state index is 13.7. The Bertz CT molecular complexity index is 1780. The van der Waals surface area contributed by atoms with Crippen LogP contribution in [0.25, 0.3) is 11.0 Å². The molecule has 2 aromatic heterocycles. The molecule has 0 aliphatic carbocycles. The highest BCUT2D eigenvalue weighted by Crippen LogP contribution is 2.29. The summed E-state index contributed by atoms with van der Waals surface area (Å²) >= 11 is 0. The second kappa shape index (κ2) is 20.9. The number of fused-ring (bicyclic) bond motifs is 1. The molecule has 0 spiro atoms. The molecular formula is C43H62FN7O3. The molecule has 1 aliphatic heterocycles. The van der Waals surface area contributed by atoms with Gasteiger partial charge in [-0.25, -0.2) is 23.7 Å². The number of benzene rings is 2. The zero-order valence-corrected chi connectivity index (χ0v) is 33.1. The first-order chi connectivity index (χ1) is 26.3. The first-order valence-electron chi connectivity index (χ1n) is 20.5. The molecule has 1 unspecified atom stereocenters. The average Bonchev–Trinajstić information content (AvgIpc) is 3.55. The molecule has 10 nitrogen and oxygen atoms in total. The second-order valence-electron chi connectivity index (χ2n) is 14.8. The van der Waals surface area contributed by atoms with Gasteiger partial charge < -0.3 is 24.0 Å². The lowest BCUT2D eigenvalue weighted by Gasteiger charge is -2.38. The number of aromatic nitrogens is 4. The third-order valence-corrected chi connectivity index (χ3v) is 10.9. The van der Waals surface area contributed by atoms with Crippen LogP contribution >= 0.6 is 0 Å². The largest absolute Gasteiger partial charge is 0.425 e. The van der Waals surface area contributed by atoms with E-state index >= 15 is 0 Å². The summed E-state index contributed by atoms with van der Waals surface area (Å²) in [5.74, 6) is 1.12. The lowest BCUT2D eigenvalue weighted by Crippen LogP contribution is -2.46. The number of carbonyl (C=O) groups is 1. The maximum Gasteiger partial charge on any atom is 0.411 e. The third kappa shape index (κ3) is 11.1. The molecule has 0 N–H and O–H groups in total. The lowest BCUT2D eigenvalue weighted by atomic mass is 10.0. The minimum absolute atomic E-state index is 0.109. The molecule has 4 aromatic rings. The van der Waals surface area contributed by atoms with E-state index in [-0.39, 0.29) is 17.4 Å². The van der Waals surface area contributed by atoms with Gasteiger partial charge in [0.2, 0.25) is 11.9 Å². The molecule has 1 aliphatic rings. The summed E-state index contributed by atoms with van der Waals surface area (Å²) in [4.78, 5) is 42.3. The smallest absolute Gasteiger partial charge is 0.411 e. The molecular weight excluding hydrogens is 682 g/mol. The number of unbranched alkanes of at least 4 members (excludes halogenated alkanes) is 11. The highest BCUT2D eigenvalue weighted by atomic mass is 19.1. The predicted octanol–water partition coefficient (Wildman–Crippen LogP) is 9.56. The Balaban J connectivity index is 1.13. The van der Waals surface area contributed by atoms with Crippen LogP contribution in [0.15, 0.2) is 65.6 Å². The number of amides is 1. The Morgan fingerprint density at radius 3 is 2.17 bits per heavy atom. The Morgan fingerprint density at radius 2 is 1.52 bits per heavy atom. The molecule has 5 rings (SSSR count). The van der Waals surface area contributed by atoms with E-state index in [0.717, 1.165) is 61.3 Å². The number of halogens is 1. The fourth-order valence-corrected chi connectivity index (χ4v) is 7.66. The van der Waals surface area contributed by atoms with E-state index in [4.69, 9.17) is 9.72 Å². The zero-order chi connectivity index (χ0) is 38.3. The van der Waals surface area contributed by atoms with Gasteiger partial charge in [-0.2, -0.15) is 0 Å². The van der Waals surface area contributed by atoms with Crippen LogP contribution in [0.3, 0.4) is 0 Å². The van der Waals surface area contributed by atoms with Gasteiger partial charge in [-0.3, -0.25) is 4.79 Å². The van der Waals surface area contributed by atoms with Gasteiger partial charge in [-0.15, -0.1) is 0 Å². The zero-order valence-electron chi connectivity index (χ0n) is 33.1. The van der Waals surface area contributed by atoms with Gasteiger partial charge >= 0.3 is 6.09 Å². The Morgan fingerprint density at radius 1 is 0.889 bits per heavy atom.